The highest BCUT2D eigenvalue weighted by molar-refractivity contribution is 5.77. The number of piperazine rings is 1. The van der Waals surface area contributed by atoms with Gasteiger partial charge >= 0.3 is 0 Å². The Kier molecular flexibility index (Phi) is 6.78. The number of nitrogens with zero attached hydrogens (tertiary/aromatic N) is 4. The molecule has 0 saturated carbocycles. The summed E-state index contributed by atoms with van der Waals surface area (Å²) in [6.07, 6.45) is 0.959. The van der Waals surface area contributed by atoms with Crippen LogP contribution in [0.3, 0.4) is 0 Å². The lowest BCUT2D eigenvalue weighted by Crippen LogP contribution is -2.49. The first kappa shape index (κ1) is 19.3. The van der Waals surface area contributed by atoms with Gasteiger partial charge in [0.15, 0.2) is 0 Å². The molecule has 8 nitrogen and oxygen atoms in total. The smallest absolute Gasteiger partial charge is 0.241 e. The van der Waals surface area contributed by atoms with E-state index in [1.165, 1.54) is 0 Å². The molecule has 0 unspecified atom stereocenters. The third kappa shape index (κ3) is 5.27. The Morgan fingerprint density at radius 3 is 2.70 bits per heavy atom. The molecule has 1 amide bonds. The molecule has 0 radical (unpaired) electrons. The number of amides is 1. The number of hydrogen-bond donors (Lipinski definition) is 1. The van der Waals surface area contributed by atoms with E-state index in [1.54, 1.807) is 7.11 Å². The molecule has 1 aromatic carbocycles. The zero-order valence-electron chi connectivity index (χ0n) is 16.0. The molecule has 1 aliphatic heterocycles. The maximum Gasteiger partial charge on any atom is 0.241 e. The molecule has 146 valence electrons. The van der Waals surface area contributed by atoms with Crippen LogP contribution in [0.4, 0.5) is 0 Å². The molecule has 0 aliphatic carbocycles. The van der Waals surface area contributed by atoms with E-state index in [2.05, 4.69) is 32.2 Å². The third-order valence-electron chi connectivity index (χ3n) is 4.58. The molecule has 8 heteroatoms. The number of para-hydroxylation sites is 1. The normalized spacial score (nSPS) is 15.6. The van der Waals surface area contributed by atoms with Crippen molar-refractivity contribution in [1.82, 2.24) is 25.3 Å². The number of benzene rings is 1. The molecule has 0 bridgehead atoms. The van der Waals surface area contributed by atoms with Crippen molar-refractivity contribution in [2.45, 2.75) is 19.9 Å². The van der Waals surface area contributed by atoms with Crippen LogP contribution in [0.15, 0.2) is 28.8 Å². The highest BCUT2D eigenvalue weighted by Gasteiger charge is 2.21. The van der Waals surface area contributed by atoms with Crippen molar-refractivity contribution in [2.75, 3.05) is 46.4 Å². The van der Waals surface area contributed by atoms with Gasteiger partial charge < -0.3 is 14.6 Å². The fourth-order valence-corrected chi connectivity index (χ4v) is 3.08. The van der Waals surface area contributed by atoms with Gasteiger partial charge in [-0.1, -0.05) is 24.2 Å². The Morgan fingerprint density at radius 2 is 1.96 bits per heavy atom. The minimum absolute atomic E-state index is 0.101. The fraction of sp³-hybridized carbons (Fsp3) is 0.526. The van der Waals surface area contributed by atoms with Crippen LogP contribution in [0.2, 0.25) is 0 Å². The summed E-state index contributed by atoms with van der Waals surface area (Å²) >= 11 is 0. The standard InChI is InChI=1S/C19H27N5O3/c1-3-8-20-17(25)13-23-9-11-24(12-10-23)14-18-21-19(22-27-18)15-6-4-5-7-16(15)26-2/h4-7H,3,8-14H2,1-2H3,(H,20,25). The van der Waals surface area contributed by atoms with E-state index in [9.17, 15) is 4.79 Å². The molecule has 1 aromatic heterocycles. The highest BCUT2D eigenvalue weighted by Crippen LogP contribution is 2.27. The molecule has 2 aromatic rings. The molecule has 0 atom stereocenters. The number of ether oxygens (including phenoxy) is 1. The van der Waals surface area contributed by atoms with Crippen LogP contribution in [0.5, 0.6) is 5.75 Å². The van der Waals surface area contributed by atoms with Crippen LogP contribution in [-0.4, -0.2) is 72.2 Å². The minimum atomic E-state index is 0.101. The Labute approximate surface area is 159 Å². The number of nitrogens with one attached hydrogen (secondary N) is 1. The summed E-state index contributed by atoms with van der Waals surface area (Å²) in [5, 5.41) is 7.01. The Morgan fingerprint density at radius 1 is 1.22 bits per heavy atom. The van der Waals surface area contributed by atoms with Crippen molar-refractivity contribution >= 4 is 5.91 Å². The van der Waals surface area contributed by atoms with Gasteiger partial charge in [-0.05, 0) is 18.6 Å². The van der Waals surface area contributed by atoms with Gasteiger partial charge in [0, 0.05) is 32.7 Å². The fourth-order valence-electron chi connectivity index (χ4n) is 3.08. The predicted octanol–water partition coefficient (Wildman–Crippen LogP) is 1.39. The first-order chi connectivity index (χ1) is 13.2. The summed E-state index contributed by atoms with van der Waals surface area (Å²) in [6, 6.07) is 7.62. The van der Waals surface area contributed by atoms with Gasteiger partial charge in [0.05, 0.1) is 25.8 Å². The van der Waals surface area contributed by atoms with E-state index >= 15 is 0 Å². The monoisotopic (exact) mass is 373 g/mol. The van der Waals surface area contributed by atoms with Crippen LogP contribution in [0.25, 0.3) is 11.4 Å². The van der Waals surface area contributed by atoms with Crippen molar-refractivity contribution < 1.29 is 14.1 Å². The number of aromatic nitrogens is 2. The van der Waals surface area contributed by atoms with Crippen molar-refractivity contribution in [1.29, 1.82) is 0 Å². The second-order valence-corrected chi connectivity index (χ2v) is 6.61. The summed E-state index contributed by atoms with van der Waals surface area (Å²) in [6.45, 7) is 7.31. The molecule has 1 saturated heterocycles. The summed E-state index contributed by atoms with van der Waals surface area (Å²) in [5.74, 6) is 1.95. The average Bonchev–Trinajstić information content (AvgIpc) is 3.16. The zero-order valence-corrected chi connectivity index (χ0v) is 16.0. The van der Waals surface area contributed by atoms with Crippen LogP contribution < -0.4 is 10.1 Å². The molecular weight excluding hydrogens is 346 g/mol. The van der Waals surface area contributed by atoms with Crippen molar-refractivity contribution in [2.24, 2.45) is 0 Å². The average molecular weight is 373 g/mol. The van der Waals surface area contributed by atoms with Crippen molar-refractivity contribution in [3.8, 4) is 17.1 Å². The van der Waals surface area contributed by atoms with Crippen LogP contribution in [-0.2, 0) is 11.3 Å². The summed E-state index contributed by atoms with van der Waals surface area (Å²) < 4.78 is 10.8. The molecule has 0 spiro atoms. The Balaban J connectivity index is 1.50. The van der Waals surface area contributed by atoms with E-state index < -0.39 is 0 Å². The minimum Gasteiger partial charge on any atom is -0.496 e. The molecule has 3 rings (SSSR count). The van der Waals surface area contributed by atoms with Crippen LogP contribution in [0, 0.1) is 0 Å². The van der Waals surface area contributed by atoms with Gasteiger partial charge in [-0.25, -0.2) is 0 Å². The van der Waals surface area contributed by atoms with E-state index in [0.717, 1.165) is 50.5 Å². The SMILES string of the molecule is CCCNC(=O)CN1CCN(Cc2nc(-c3ccccc3OC)no2)CC1. The van der Waals surface area contributed by atoms with Gasteiger partial charge in [-0.2, -0.15) is 4.98 Å². The van der Waals surface area contributed by atoms with E-state index in [1.807, 2.05) is 24.3 Å². The number of methoxy groups -OCH3 is 1. The molecule has 1 fully saturated rings. The summed E-state index contributed by atoms with van der Waals surface area (Å²) in [7, 11) is 1.63. The summed E-state index contributed by atoms with van der Waals surface area (Å²) in [5.41, 5.74) is 0.818. The number of rotatable bonds is 8. The Hall–Kier alpha value is -2.45. The second kappa shape index (κ2) is 9.48. The number of carbonyl (C=O) groups is 1. The molecule has 27 heavy (non-hydrogen) atoms. The molecule has 1 N–H and O–H groups in total. The van der Waals surface area contributed by atoms with Crippen molar-refractivity contribution in [3.63, 3.8) is 0 Å². The highest BCUT2D eigenvalue weighted by atomic mass is 16.5. The third-order valence-corrected chi connectivity index (χ3v) is 4.58. The van der Waals surface area contributed by atoms with E-state index in [4.69, 9.17) is 9.26 Å². The largest absolute Gasteiger partial charge is 0.496 e. The number of hydrogen-bond acceptors (Lipinski definition) is 7. The van der Waals surface area contributed by atoms with Gasteiger partial charge in [0.25, 0.3) is 0 Å². The van der Waals surface area contributed by atoms with Gasteiger partial charge in [0.1, 0.15) is 5.75 Å². The predicted molar refractivity (Wildman–Crippen MR) is 101 cm³/mol. The number of carbonyl (C=O) groups excluding carboxylic acids is 1. The van der Waals surface area contributed by atoms with E-state index in [-0.39, 0.29) is 5.91 Å². The zero-order chi connectivity index (χ0) is 19.1. The lowest BCUT2D eigenvalue weighted by atomic mass is 10.2. The van der Waals surface area contributed by atoms with Gasteiger partial charge in [-0.3, -0.25) is 14.6 Å². The lowest BCUT2D eigenvalue weighted by molar-refractivity contribution is -0.122. The lowest BCUT2D eigenvalue weighted by Gasteiger charge is -2.33. The van der Waals surface area contributed by atoms with Gasteiger partial charge in [-0.15, -0.1) is 0 Å². The van der Waals surface area contributed by atoms with Crippen molar-refractivity contribution in [3.05, 3.63) is 30.2 Å². The second-order valence-electron chi connectivity index (χ2n) is 6.61. The Bertz CT molecular complexity index is 740. The first-order valence-electron chi connectivity index (χ1n) is 9.37. The van der Waals surface area contributed by atoms with Crippen LogP contribution in [0.1, 0.15) is 19.2 Å². The maximum absolute atomic E-state index is 11.8. The topological polar surface area (TPSA) is 83.7 Å². The van der Waals surface area contributed by atoms with E-state index in [0.29, 0.717) is 24.8 Å². The van der Waals surface area contributed by atoms with Crippen LogP contribution >= 0.6 is 0 Å². The van der Waals surface area contributed by atoms with Gasteiger partial charge in [0.2, 0.25) is 17.6 Å². The summed E-state index contributed by atoms with van der Waals surface area (Å²) in [4.78, 5) is 20.8. The molecule has 1 aliphatic rings. The molecular formula is C19H27N5O3. The quantitative estimate of drug-likeness (QED) is 0.748. The maximum atomic E-state index is 11.8. The molecule has 2 heterocycles. The first-order valence-corrected chi connectivity index (χ1v) is 9.37.